The number of methoxy groups -OCH3 is 1. The van der Waals surface area contributed by atoms with E-state index in [9.17, 15) is 4.79 Å². The zero-order chi connectivity index (χ0) is 20.3. The molecule has 3 aromatic rings. The van der Waals surface area contributed by atoms with Gasteiger partial charge in [-0.15, -0.1) is 0 Å². The van der Waals surface area contributed by atoms with Gasteiger partial charge in [0.1, 0.15) is 24.3 Å². The largest absolute Gasteiger partial charge is 0.494 e. The molecule has 0 aliphatic heterocycles. The summed E-state index contributed by atoms with van der Waals surface area (Å²) in [4.78, 5) is 17.6. The topological polar surface area (TPSA) is 53.4 Å². The zero-order valence-electron chi connectivity index (χ0n) is 16.7. The van der Waals surface area contributed by atoms with Gasteiger partial charge in [0.05, 0.1) is 12.5 Å². The van der Waals surface area contributed by atoms with Crippen LogP contribution in [-0.2, 0) is 11.5 Å². The SMILES string of the molecule is COc1cc(-c2ccccc2)c(Br)c2c(=O)n(COCC[Si](C)(C)C)cnc12. The molecule has 0 N–H and O–H groups in total. The predicted molar refractivity (Wildman–Crippen MR) is 120 cm³/mol. The third kappa shape index (κ3) is 4.53. The summed E-state index contributed by atoms with van der Waals surface area (Å²) in [7, 11) is 0.416. The fraction of sp³-hybridized carbons (Fsp3) is 0.333. The van der Waals surface area contributed by atoms with Crippen molar-refractivity contribution in [2.45, 2.75) is 32.4 Å². The van der Waals surface area contributed by atoms with E-state index in [0.717, 1.165) is 17.2 Å². The van der Waals surface area contributed by atoms with Crippen molar-refractivity contribution in [1.29, 1.82) is 0 Å². The van der Waals surface area contributed by atoms with Crippen molar-refractivity contribution in [3.8, 4) is 16.9 Å². The molecule has 0 aliphatic rings. The summed E-state index contributed by atoms with van der Waals surface area (Å²) in [5.41, 5.74) is 2.27. The molecule has 148 valence electrons. The maximum absolute atomic E-state index is 13.2. The van der Waals surface area contributed by atoms with Crippen molar-refractivity contribution in [3.63, 3.8) is 0 Å². The maximum Gasteiger partial charge on any atom is 0.264 e. The first-order chi connectivity index (χ1) is 13.3. The van der Waals surface area contributed by atoms with Crippen LogP contribution in [0.2, 0.25) is 25.7 Å². The molecule has 0 aliphatic carbocycles. The number of nitrogens with zero attached hydrogens (tertiary/aromatic N) is 2. The minimum Gasteiger partial charge on any atom is -0.494 e. The van der Waals surface area contributed by atoms with Gasteiger partial charge in [0.2, 0.25) is 0 Å². The third-order valence-corrected chi connectivity index (χ3v) is 7.06. The molecular weight excluding hydrogens is 436 g/mol. The van der Waals surface area contributed by atoms with E-state index in [1.54, 1.807) is 7.11 Å². The molecule has 28 heavy (non-hydrogen) atoms. The molecule has 5 nitrogen and oxygen atoms in total. The summed E-state index contributed by atoms with van der Waals surface area (Å²) >= 11 is 3.63. The van der Waals surface area contributed by atoms with Crippen molar-refractivity contribution in [2.24, 2.45) is 0 Å². The highest BCUT2D eigenvalue weighted by Crippen LogP contribution is 2.37. The van der Waals surface area contributed by atoms with Crippen LogP contribution < -0.4 is 10.3 Å². The first kappa shape index (κ1) is 20.8. The molecule has 0 unspecified atom stereocenters. The molecule has 2 aromatic carbocycles. The highest BCUT2D eigenvalue weighted by Gasteiger charge is 2.18. The molecule has 0 bridgehead atoms. The molecule has 7 heteroatoms. The summed E-state index contributed by atoms with van der Waals surface area (Å²) in [5, 5.41) is 0.495. The predicted octanol–water partition coefficient (Wildman–Crippen LogP) is 5.15. The average Bonchev–Trinajstić information content (AvgIpc) is 2.66. The second-order valence-electron chi connectivity index (χ2n) is 7.90. The van der Waals surface area contributed by atoms with E-state index in [2.05, 4.69) is 40.6 Å². The number of hydrogen-bond acceptors (Lipinski definition) is 4. The van der Waals surface area contributed by atoms with Crippen molar-refractivity contribution < 1.29 is 9.47 Å². The minimum absolute atomic E-state index is 0.152. The summed E-state index contributed by atoms with van der Waals surface area (Å²) < 4.78 is 13.5. The van der Waals surface area contributed by atoms with Crippen LogP contribution in [0.25, 0.3) is 22.0 Å². The minimum atomic E-state index is -1.17. The molecule has 1 heterocycles. The first-order valence-corrected chi connectivity index (χ1v) is 13.7. The van der Waals surface area contributed by atoms with Crippen LogP contribution in [0.4, 0.5) is 0 Å². The summed E-state index contributed by atoms with van der Waals surface area (Å²) in [6.07, 6.45) is 1.52. The highest BCUT2D eigenvalue weighted by atomic mass is 79.9. The van der Waals surface area contributed by atoms with Gasteiger partial charge in [0.25, 0.3) is 5.56 Å². The lowest BCUT2D eigenvalue weighted by Gasteiger charge is -2.16. The van der Waals surface area contributed by atoms with Gasteiger partial charge in [0, 0.05) is 24.7 Å². The third-order valence-electron chi connectivity index (χ3n) is 4.53. The van der Waals surface area contributed by atoms with Crippen LogP contribution >= 0.6 is 15.9 Å². The smallest absolute Gasteiger partial charge is 0.264 e. The lowest BCUT2D eigenvalue weighted by Crippen LogP contribution is -2.25. The Balaban J connectivity index is 2.03. The van der Waals surface area contributed by atoms with Gasteiger partial charge < -0.3 is 9.47 Å². The number of ether oxygens (including phenoxy) is 2. The standard InChI is InChI=1S/C21H25BrN2O3Si/c1-26-17-12-16(15-8-6-5-7-9-15)19(22)18-20(17)23-13-24(21(18)25)14-27-10-11-28(2,3)4/h5-9,12-13H,10-11,14H2,1-4H3. The summed E-state index contributed by atoms with van der Waals surface area (Å²) in [5.74, 6) is 0.570. The molecule has 0 saturated carbocycles. The Morgan fingerprint density at radius 3 is 2.54 bits per heavy atom. The second-order valence-corrected chi connectivity index (χ2v) is 14.3. The number of benzene rings is 2. The molecule has 1 aromatic heterocycles. The van der Waals surface area contributed by atoms with Gasteiger partial charge in [-0.25, -0.2) is 4.98 Å². The fourth-order valence-electron chi connectivity index (χ4n) is 2.89. The number of rotatable bonds is 7. The van der Waals surface area contributed by atoms with Gasteiger partial charge in [-0.2, -0.15) is 0 Å². The van der Waals surface area contributed by atoms with Crippen LogP contribution in [-0.4, -0.2) is 31.3 Å². The van der Waals surface area contributed by atoms with E-state index in [1.165, 1.54) is 10.9 Å². The van der Waals surface area contributed by atoms with Crippen LogP contribution in [0.5, 0.6) is 5.75 Å². The summed E-state index contributed by atoms with van der Waals surface area (Å²) in [6.45, 7) is 7.74. The van der Waals surface area contributed by atoms with Crippen LogP contribution in [0.3, 0.4) is 0 Å². The Labute approximate surface area is 174 Å². The lowest BCUT2D eigenvalue weighted by molar-refractivity contribution is 0.0844. The van der Waals surface area contributed by atoms with Gasteiger partial charge in [-0.3, -0.25) is 9.36 Å². The summed E-state index contributed by atoms with van der Waals surface area (Å²) in [6, 6.07) is 12.8. The van der Waals surface area contributed by atoms with E-state index in [4.69, 9.17) is 9.47 Å². The number of hydrogen-bond donors (Lipinski definition) is 0. The molecule has 0 spiro atoms. The Bertz CT molecular complexity index is 1030. The van der Waals surface area contributed by atoms with E-state index < -0.39 is 8.07 Å². The molecule has 0 atom stereocenters. The molecule has 0 amide bonds. The Hall–Kier alpha value is -1.96. The van der Waals surface area contributed by atoms with Crippen LogP contribution in [0.1, 0.15) is 0 Å². The molecular formula is C21H25BrN2O3Si. The molecule has 3 rings (SSSR count). The van der Waals surface area contributed by atoms with E-state index in [0.29, 0.717) is 27.7 Å². The van der Waals surface area contributed by atoms with E-state index in [-0.39, 0.29) is 12.3 Å². The van der Waals surface area contributed by atoms with Gasteiger partial charge in [0.15, 0.2) is 0 Å². The highest BCUT2D eigenvalue weighted by molar-refractivity contribution is 9.10. The van der Waals surface area contributed by atoms with Gasteiger partial charge >= 0.3 is 0 Å². The van der Waals surface area contributed by atoms with Crippen LogP contribution in [0, 0.1) is 0 Å². The Morgan fingerprint density at radius 1 is 1.18 bits per heavy atom. The quantitative estimate of drug-likeness (QED) is 0.361. The van der Waals surface area contributed by atoms with Gasteiger partial charge in [-0.05, 0) is 33.6 Å². The zero-order valence-corrected chi connectivity index (χ0v) is 19.2. The van der Waals surface area contributed by atoms with E-state index >= 15 is 0 Å². The Kier molecular flexibility index (Phi) is 6.37. The average molecular weight is 461 g/mol. The molecule has 0 radical (unpaired) electrons. The van der Waals surface area contributed by atoms with Crippen molar-refractivity contribution in [1.82, 2.24) is 9.55 Å². The monoisotopic (exact) mass is 460 g/mol. The molecule has 0 fully saturated rings. The van der Waals surface area contributed by atoms with E-state index in [1.807, 2.05) is 36.4 Å². The van der Waals surface area contributed by atoms with Crippen molar-refractivity contribution in [3.05, 3.63) is 57.6 Å². The fourth-order valence-corrected chi connectivity index (χ4v) is 4.35. The Morgan fingerprint density at radius 2 is 1.89 bits per heavy atom. The van der Waals surface area contributed by atoms with Gasteiger partial charge in [-0.1, -0.05) is 50.0 Å². The number of halogens is 1. The second kappa shape index (κ2) is 8.59. The van der Waals surface area contributed by atoms with Crippen molar-refractivity contribution in [2.75, 3.05) is 13.7 Å². The normalized spacial score (nSPS) is 11.8. The lowest BCUT2D eigenvalue weighted by atomic mass is 10.0. The first-order valence-electron chi connectivity index (χ1n) is 9.20. The maximum atomic E-state index is 13.2. The van der Waals surface area contributed by atoms with Crippen molar-refractivity contribution >= 4 is 34.9 Å². The number of aromatic nitrogens is 2. The molecule has 0 saturated heterocycles. The van der Waals surface area contributed by atoms with Crippen LogP contribution in [0.15, 0.2) is 52.0 Å². The number of fused-ring (bicyclic) bond motifs is 1.